The predicted octanol–water partition coefficient (Wildman–Crippen LogP) is 2.44. The van der Waals surface area contributed by atoms with E-state index in [1.165, 1.54) is 0 Å². The average molecular weight is 295 g/mol. The van der Waals surface area contributed by atoms with Gasteiger partial charge >= 0.3 is 0 Å². The van der Waals surface area contributed by atoms with Gasteiger partial charge in [0.05, 0.1) is 12.7 Å². The molecule has 2 aliphatic rings. The molecule has 2 atom stereocenters. The minimum Gasteiger partial charge on any atom is -0.496 e. The summed E-state index contributed by atoms with van der Waals surface area (Å²) in [5, 5.41) is 0.571. The maximum absolute atomic E-state index is 12.8. The van der Waals surface area contributed by atoms with Crippen LogP contribution in [0.3, 0.4) is 0 Å². The first-order chi connectivity index (χ1) is 9.60. The quantitative estimate of drug-likeness (QED) is 0.911. The number of benzene rings is 1. The molecule has 2 N–H and O–H groups in total. The minimum atomic E-state index is 0.0397. The molecule has 2 heterocycles. The monoisotopic (exact) mass is 294 g/mol. The summed E-state index contributed by atoms with van der Waals surface area (Å²) in [4.78, 5) is 14.8. The molecule has 1 amide bonds. The van der Waals surface area contributed by atoms with Crippen molar-refractivity contribution in [3.8, 4) is 5.75 Å². The summed E-state index contributed by atoms with van der Waals surface area (Å²) in [7, 11) is 1.56. The van der Waals surface area contributed by atoms with Gasteiger partial charge in [0.25, 0.3) is 5.91 Å². The van der Waals surface area contributed by atoms with Crippen LogP contribution in [0.25, 0.3) is 0 Å². The van der Waals surface area contributed by atoms with Gasteiger partial charge in [-0.1, -0.05) is 11.6 Å². The summed E-state index contributed by atoms with van der Waals surface area (Å²) < 4.78 is 5.29. The molecule has 1 aromatic carbocycles. The fraction of sp³-hybridized carbons (Fsp3) is 0.533. The van der Waals surface area contributed by atoms with Crippen LogP contribution in [0.1, 0.15) is 36.0 Å². The maximum atomic E-state index is 12.8. The highest BCUT2D eigenvalue weighted by Crippen LogP contribution is 2.37. The Morgan fingerprint density at radius 2 is 2.00 bits per heavy atom. The fourth-order valence-corrected chi connectivity index (χ4v) is 3.69. The molecule has 2 aliphatic heterocycles. The number of hydrogen-bond acceptors (Lipinski definition) is 3. The number of piperidine rings is 1. The second-order valence-corrected chi connectivity index (χ2v) is 6.11. The zero-order valence-electron chi connectivity index (χ0n) is 11.5. The van der Waals surface area contributed by atoms with E-state index in [0.717, 1.165) is 25.7 Å². The molecule has 0 saturated carbocycles. The Morgan fingerprint density at radius 3 is 2.60 bits per heavy atom. The van der Waals surface area contributed by atoms with Gasteiger partial charge in [-0.05, 0) is 43.9 Å². The Labute approximate surface area is 123 Å². The van der Waals surface area contributed by atoms with Crippen molar-refractivity contribution in [1.82, 2.24) is 4.90 Å². The number of carbonyl (C=O) groups is 1. The molecular weight excluding hydrogens is 276 g/mol. The molecule has 20 heavy (non-hydrogen) atoms. The van der Waals surface area contributed by atoms with E-state index < -0.39 is 0 Å². The first kappa shape index (κ1) is 13.7. The van der Waals surface area contributed by atoms with Crippen molar-refractivity contribution in [3.05, 3.63) is 28.8 Å². The normalized spacial score (nSPS) is 28.6. The first-order valence-corrected chi connectivity index (χ1v) is 7.39. The van der Waals surface area contributed by atoms with Gasteiger partial charge in [-0.15, -0.1) is 0 Å². The maximum Gasteiger partial charge on any atom is 0.258 e. The zero-order chi connectivity index (χ0) is 14.3. The van der Waals surface area contributed by atoms with E-state index >= 15 is 0 Å². The van der Waals surface area contributed by atoms with E-state index in [2.05, 4.69) is 0 Å². The Morgan fingerprint density at radius 1 is 1.35 bits per heavy atom. The van der Waals surface area contributed by atoms with Gasteiger partial charge in [-0.3, -0.25) is 4.79 Å². The van der Waals surface area contributed by atoms with Crippen LogP contribution in [0.2, 0.25) is 5.02 Å². The van der Waals surface area contributed by atoms with E-state index in [4.69, 9.17) is 22.1 Å². The lowest BCUT2D eigenvalue weighted by Gasteiger charge is -2.38. The molecular formula is C15H19ClN2O2. The Hall–Kier alpha value is -1.26. The summed E-state index contributed by atoms with van der Waals surface area (Å²) in [5.74, 6) is 0.578. The number of hydrogen-bond donors (Lipinski definition) is 1. The molecule has 0 spiro atoms. The first-order valence-electron chi connectivity index (χ1n) is 7.02. The fourth-order valence-electron chi connectivity index (χ4n) is 3.53. The largest absolute Gasteiger partial charge is 0.496 e. The smallest absolute Gasteiger partial charge is 0.258 e. The number of methoxy groups -OCH3 is 1. The number of nitrogens with two attached hydrogens (primary N) is 1. The molecule has 1 aromatic rings. The number of fused-ring (bicyclic) bond motifs is 2. The van der Waals surface area contributed by atoms with Crippen LogP contribution in [0.4, 0.5) is 0 Å². The predicted molar refractivity (Wildman–Crippen MR) is 78.2 cm³/mol. The van der Waals surface area contributed by atoms with E-state index in [1.54, 1.807) is 25.3 Å². The van der Waals surface area contributed by atoms with E-state index in [1.807, 2.05) is 4.90 Å². The molecule has 2 bridgehead atoms. The third kappa shape index (κ3) is 2.27. The van der Waals surface area contributed by atoms with Gasteiger partial charge < -0.3 is 15.4 Å². The zero-order valence-corrected chi connectivity index (χ0v) is 12.3. The molecule has 108 valence electrons. The summed E-state index contributed by atoms with van der Waals surface area (Å²) in [6.07, 6.45) is 3.91. The van der Waals surface area contributed by atoms with Crippen molar-refractivity contribution in [3.63, 3.8) is 0 Å². The molecule has 3 rings (SSSR count). The average Bonchev–Trinajstić information content (AvgIpc) is 2.70. The summed E-state index contributed by atoms with van der Waals surface area (Å²) in [6, 6.07) is 5.94. The van der Waals surface area contributed by atoms with Gasteiger partial charge in [0.15, 0.2) is 0 Å². The van der Waals surface area contributed by atoms with Crippen molar-refractivity contribution in [2.75, 3.05) is 7.11 Å². The number of amides is 1. The van der Waals surface area contributed by atoms with E-state index in [9.17, 15) is 4.79 Å². The van der Waals surface area contributed by atoms with Crippen molar-refractivity contribution in [1.29, 1.82) is 0 Å². The van der Waals surface area contributed by atoms with Crippen LogP contribution >= 0.6 is 11.6 Å². The van der Waals surface area contributed by atoms with Crippen molar-refractivity contribution < 1.29 is 9.53 Å². The number of halogens is 1. The van der Waals surface area contributed by atoms with Crippen LogP contribution in [0.15, 0.2) is 18.2 Å². The van der Waals surface area contributed by atoms with Gasteiger partial charge in [0, 0.05) is 23.1 Å². The Kier molecular flexibility index (Phi) is 3.61. The third-order valence-corrected chi connectivity index (χ3v) is 4.63. The molecule has 0 radical (unpaired) electrons. The summed E-state index contributed by atoms with van der Waals surface area (Å²) in [6.45, 7) is 0. The highest BCUT2D eigenvalue weighted by Gasteiger charge is 2.42. The van der Waals surface area contributed by atoms with Crippen molar-refractivity contribution in [2.45, 2.75) is 43.8 Å². The molecule has 2 unspecified atom stereocenters. The minimum absolute atomic E-state index is 0.0397. The van der Waals surface area contributed by atoms with E-state index in [-0.39, 0.29) is 24.0 Å². The topological polar surface area (TPSA) is 55.6 Å². The summed E-state index contributed by atoms with van der Waals surface area (Å²) in [5.41, 5.74) is 6.64. The summed E-state index contributed by atoms with van der Waals surface area (Å²) >= 11 is 5.95. The van der Waals surface area contributed by atoms with Gasteiger partial charge in [-0.25, -0.2) is 0 Å². The van der Waals surface area contributed by atoms with E-state index in [0.29, 0.717) is 16.3 Å². The van der Waals surface area contributed by atoms with Crippen LogP contribution in [0, 0.1) is 0 Å². The van der Waals surface area contributed by atoms with Crippen LogP contribution in [-0.4, -0.2) is 36.0 Å². The van der Waals surface area contributed by atoms with Crippen molar-refractivity contribution in [2.24, 2.45) is 5.73 Å². The van der Waals surface area contributed by atoms with Crippen LogP contribution < -0.4 is 10.5 Å². The molecule has 2 saturated heterocycles. The Balaban J connectivity index is 1.90. The SMILES string of the molecule is COc1cc(Cl)ccc1C(=O)N1C2CCC1CC(N)C2. The van der Waals surface area contributed by atoms with Gasteiger partial charge in [0.1, 0.15) is 5.75 Å². The number of rotatable bonds is 2. The highest BCUT2D eigenvalue weighted by molar-refractivity contribution is 6.30. The molecule has 0 aliphatic carbocycles. The lowest BCUT2D eigenvalue weighted by molar-refractivity contribution is 0.0572. The lowest BCUT2D eigenvalue weighted by atomic mass is 9.97. The van der Waals surface area contributed by atoms with Gasteiger partial charge in [0.2, 0.25) is 0 Å². The Bertz CT molecular complexity index is 521. The van der Waals surface area contributed by atoms with Crippen LogP contribution in [-0.2, 0) is 0 Å². The van der Waals surface area contributed by atoms with Crippen molar-refractivity contribution >= 4 is 17.5 Å². The molecule has 0 aromatic heterocycles. The number of nitrogens with zero attached hydrogens (tertiary/aromatic N) is 1. The lowest BCUT2D eigenvalue weighted by Crippen LogP contribution is -2.50. The molecule has 5 heteroatoms. The molecule has 2 fully saturated rings. The van der Waals surface area contributed by atoms with Gasteiger partial charge in [-0.2, -0.15) is 0 Å². The standard InChI is InChI=1S/C15H19ClN2O2/c1-20-14-6-9(16)2-5-13(14)15(19)18-11-3-4-12(18)8-10(17)7-11/h2,5-6,10-12H,3-4,7-8,17H2,1H3. The highest BCUT2D eigenvalue weighted by atomic mass is 35.5. The molecule has 4 nitrogen and oxygen atoms in total. The second-order valence-electron chi connectivity index (χ2n) is 5.67. The second kappa shape index (κ2) is 5.26. The number of carbonyl (C=O) groups excluding carboxylic acids is 1. The third-order valence-electron chi connectivity index (χ3n) is 4.40. The number of ether oxygens (including phenoxy) is 1. The van der Waals surface area contributed by atoms with Crippen LogP contribution in [0.5, 0.6) is 5.75 Å².